The number of carbonyl (C=O) groups is 4. The molecule has 0 fully saturated rings. The lowest BCUT2D eigenvalue weighted by Crippen LogP contribution is -2.50. The van der Waals surface area contributed by atoms with Crippen LogP contribution in [0.3, 0.4) is 0 Å². The van der Waals surface area contributed by atoms with Crippen molar-refractivity contribution in [3.63, 3.8) is 0 Å². The molecular weight excluding hydrogens is 548 g/mol. The fraction of sp³-hybridized carbons (Fsp3) is 0.697. The predicted octanol–water partition coefficient (Wildman–Crippen LogP) is 4.28. The van der Waals surface area contributed by atoms with Crippen molar-refractivity contribution in [2.75, 3.05) is 32.1 Å². The van der Waals surface area contributed by atoms with Gasteiger partial charge in [0, 0.05) is 45.2 Å². The number of carbonyl (C=O) groups excluding carboxylic acids is 4. The second-order valence-corrected chi connectivity index (χ2v) is 13.9. The van der Waals surface area contributed by atoms with E-state index < -0.39 is 35.2 Å². The van der Waals surface area contributed by atoms with E-state index in [0.29, 0.717) is 13.0 Å². The topological polar surface area (TPSA) is 128 Å². The Hall–Kier alpha value is -3.14. The SMILES string of the molecule is CCCCNC(=O)[C@H](C)C[C@H](O)[C@H](CC(C)(C)CC(=O)N1CC(C(=O)N(C)C)Cc2ccccc21)NC(=O)OC(C)(C)C. The number of unbranched alkanes of at least 4 members (excludes halogenated alkanes) is 1. The predicted molar refractivity (Wildman–Crippen MR) is 169 cm³/mol. The zero-order valence-corrected chi connectivity index (χ0v) is 27.7. The second kappa shape index (κ2) is 15.5. The van der Waals surface area contributed by atoms with Crippen molar-refractivity contribution in [1.29, 1.82) is 0 Å². The van der Waals surface area contributed by atoms with E-state index in [1.165, 1.54) is 0 Å². The largest absolute Gasteiger partial charge is 0.444 e. The molecule has 0 bridgehead atoms. The molecule has 10 heteroatoms. The standard InChI is InChI=1S/C33H54N4O6/c1-10-11-16-34-29(40)22(2)17-27(38)25(35-31(42)43-32(3,4)5)19-33(6,7)20-28(39)37-21-24(30(41)36(8)9)18-23-14-12-13-15-26(23)37/h12-15,22,24-25,27,38H,10-11,16-21H2,1-9H3,(H,34,40)(H,35,42)/t22-,24?,25+,27+/m1/s1. The third-order valence-corrected chi connectivity index (χ3v) is 7.68. The van der Waals surface area contributed by atoms with Crippen molar-refractivity contribution in [3.05, 3.63) is 29.8 Å². The molecule has 0 radical (unpaired) electrons. The molecule has 0 aliphatic carbocycles. The van der Waals surface area contributed by atoms with E-state index in [2.05, 4.69) is 10.6 Å². The molecule has 1 aliphatic heterocycles. The summed E-state index contributed by atoms with van der Waals surface area (Å²) in [5.41, 5.74) is 0.362. The number of anilines is 1. The van der Waals surface area contributed by atoms with Crippen molar-refractivity contribution in [2.45, 2.75) is 105 Å². The number of hydrogen-bond donors (Lipinski definition) is 3. The molecule has 0 saturated carbocycles. The molecule has 3 N–H and O–H groups in total. The van der Waals surface area contributed by atoms with Crippen molar-refractivity contribution in [1.82, 2.24) is 15.5 Å². The number of nitrogens with zero attached hydrogens (tertiary/aromatic N) is 2. The van der Waals surface area contributed by atoms with E-state index >= 15 is 0 Å². The fourth-order valence-electron chi connectivity index (χ4n) is 5.47. The lowest BCUT2D eigenvalue weighted by Gasteiger charge is -2.38. The summed E-state index contributed by atoms with van der Waals surface area (Å²) < 4.78 is 5.47. The molecule has 1 aromatic rings. The van der Waals surface area contributed by atoms with Gasteiger partial charge >= 0.3 is 6.09 Å². The molecule has 0 spiro atoms. The number of aliphatic hydroxyl groups excluding tert-OH is 1. The van der Waals surface area contributed by atoms with Crippen molar-refractivity contribution in [3.8, 4) is 0 Å². The van der Waals surface area contributed by atoms with E-state index in [1.807, 2.05) is 45.0 Å². The van der Waals surface area contributed by atoms with Gasteiger partial charge in [-0.05, 0) is 63.5 Å². The van der Waals surface area contributed by atoms with Crippen LogP contribution in [0.15, 0.2) is 24.3 Å². The smallest absolute Gasteiger partial charge is 0.407 e. The molecule has 4 amide bonds. The zero-order chi connectivity index (χ0) is 32.5. The third kappa shape index (κ3) is 11.5. The Labute approximate surface area is 257 Å². The molecule has 2 rings (SSSR count). The molecule has 10 nitrogen and oxygen atoms in total. The first-order valence-corrected chi connectivity index (χ1v) is 15.5. The maximum atomic E-state index is 13.8. The first kappa shape index (κ1) is 36.1. The molecule has 1 aliphatic rings. The van der Waals surface area contributed by atoms with Gasteiger partial charge in [0.25, 0.3) is 0 Å². The van der Waals surface area contributed by atoms with Gasteiger partial charge in [0.15, 0.2) is 0 Å². The van der Waals surface area contributed by atoms with Gasteiger partial charge in [0.1, 0.15) is 5.60 Å². The van der Waals surface area contributed by atoms with Gasteiger partial charge in [-0.3, -0.25) is 14.4 Å². The molecule has 0 saturated heterocycles. The van der Waals surface area contributed by atoms with Crippen LogP contribution in [0.2, 0.25) is 0 Å². The lowest BCUT2D eigenvalue weighted by molar-refractivity contribution is -0.133. The van der Waals surface area contributed by atoms with Crippen LogP contribution < -0.4 is 15.5 Å². The number of para-hydroxylation sites is 1. The summed E-state index contributed by atoms with van der Waals surface area (Å²) in [6.45, 7) is 13.8. The van der Waals surface area contributed by atoms with E-state index in [1.54, 1.807) is 51.6 Å². The monoisotopic (exact) mass is 602 g/mol. The second-order valence-electron chi connectivity index (χ2n) is 13.9. The summed E-state index contributed by atoms with van der Waals surface area (Å²) in [6.07, 6.45) is 1.20. The van der Waals surface area contributed by atoms with Crippen LogP contribution in [0.5, 0.6) is 0 Å². The minimum atomic E-state index is -1.05. The lowest BCUT2D eigenvalue weighted by atomic mass is 9.79. The number of hydrogen-bond acceptors (Lipinski definition) is 6. The average molecular weight is 603 g/mol. The molecule has 4 atom stereocenters. The number of rotatable bonds is 13. The summed E-state index contributed by atoms with van der Waals surface area (Å²) in [7, 11) is 3.44. The number of fused-ring (bicyclic) bond motifs is 1. The summed E-state index contributed by atoms with van der Waals surface area (Å²) in [4.78, 5) is 55.3. The Kier molecular flexibility index (Phi) is 13.0. The maximum absolute atomic E-state index is 13.8. The van der Waals surface area contributed by atoms with Crippen LogP contribution in [0.1, 0.15) is 86.1 Å². The van der Waals surface area contributed by atoms with E-state index in [-0.39, 0.29) is 49.4 Å². The first-order valence-electron chi connectivity index (χ1n) is 15.5. The average Bonchev–Trinajstić information content (AvgIpc) is 2.89. The van der Waals surface area contributed by atoms with Crippen LogP contribution in [0.4, 0.5) is 10.5 Å². The fourth-order valence-corrected chi connectivity index (χ4v) is 5.47. The quantitative estimate of drug-likeness (QED) is 0.289. The van der Waals surface area contributed by atoms with Gasteiger partial charge in [-0.2, -0.15) is 0 Å². The number of alkyl carbamates (subject to hydrolysis) is 1. The molecule has 0 aromatic heterocycles. The summed E-state index contributed by atoms with van der Waals surface area (Å²) in [6, 6.07) is 6.88. The summed E-state index contributed by atoms with van der Waals surface area (Å²) in [5.74, 6) is -1.13. The molecule has 242 valence electrons. The van der Waals surface area contributed by atoms with E-state index in [9.17, 15) is 24.3 Å². The Morgan fingerprint density at radius 2 is 1.77 bits per heavy atom. The Morgan fingerprint density at radius 3 is 2.37 bits per heavy atom. The highest BCUT2D eigenvalue weighted by Gasteiger charge is 2.37. The van der Waals surface area contributed by atoms with Gasteiger partial charge < -0.3 is 30.3 Å². The third-order valence-electron chi connectivity index (χ3n) is 7.68. The number of nitrogens with one attached hydrogen (secondary N) is 2. The number of benzene rings is 1. The van der Waals surface area contributed by atoms with Crippen LogP contribution in [0.25, 0.3) is 0 Å². The van der Waals surface area contributed by atoms with Gasteiger partial charge in [-0.1, -0.05) is 52.3 Å². The van der Waals surface area contributed by atoms with Gasteiger partial charge in [0.05, 0.1) is 18.1 Å². The van der Waals surface area contributed by atoms with E-state index in [4.69, 9.17) is 4.74 Å². The Morgan fingerprint density at radius 1 is 1.12 bits per heavy atom. The Bertz CT molecular complexity index is 1110. The van der Waals surface area contributed by atoms with Gasteiger partial charge in [0.2, 0.25) is 17.7 Å². The normalized spacial score (nSPS) is 17.3. The minimum absolute atomic E-state index is 0.0239. The number of ether oxygens (including phenoxy) is 1. The zero-order valence-electron chi connectivity index (χ0n) is 27.7. The molecule has 1 unspecified atom stereocenters. The summed E-state index contributed by atoms with van der Waals surface area (Å²) >= 11 is 0. The minimum Gasteiger partial charge on any atom is -0.444 e. The molecule has 1 aromatic carbocycles. The maximum Gasteiger partial charge on any atom is 0.407 e. The van der Waals surface area contributed by atoms with Crippen molar-refractivity contribution < 1.29 is 29.0 Å². The highest BCUT2D eigenvalue weighted by atomic mass is 16.6. The number of amides is 4. The van der Waals surface area contributed by atoms with Crippen molar-refractivity contribution >= 4 is 29.5 Å². The highest BCUT2D eigenvalue weighted by molar-refractivity contribution is 5.96. The summed E-state index contributed by atoms with van der Waals surface area (Å²) in [5, 5.41) is 17.0. The number of aliphatic hydroxyl groups is 1. The van der Waals surface area contributed by atoms with Gasteiger partial charge in [-0.15, -0.1) is 0 Å². The van der Waals surface area contributed by atoms with Crippen LogP contribution >= 0.6 is 0 Å². The van der Waals surface area contributed by atoms with E-state index in [0.717, 1.165) is 24.1 Å². The molecule has 1 heterocycles. The van der Waals surface area contributed by atoms with Crippen molar-refractivity contribution in [2.24, 2.45) is 17.3 Å². The molecule has 43 heavy (non-hydrogen) atoms. The first-order chi connectivity index (χ1) is 19.9. The highest BCUT2D eigenvalue weighted by Crippen LogP contribution is 2.35. The van der Waals surface area contributed by atoms with Crippen LogP contribution in [0, 0.1) is 17.3 Å². The van der Waals surface area contributed by atoms with Gasteiger partial charge in [-0.25, -0.2) is 4.79 Å². The van der Waals surface area contributed by atoms with Crippen LogP contribution in [-0.2, 0) is 25.5 Å². The van der Waals surface area contributed by atoms with Crippen LogP contribution in [-0.4, -0.2) is 78.8 Å². The molecular formula is C33H54N4O6. The Balaban J connectivity index is 2.23.